The first kappa shape index (κ1) is 20.5. The van der Waals surface area contributed by atoms with Crippen molar-refractivity contribution in [2.24, 2.45) is 0 Å². The number of hydrogen-bond acceptors (Lipinski definition) is 7. The van der Waals surface area contributed by atoms with Crippen molar-refractivity contribution in [3.05, 3.63) is 46.7 Å². The van der Waals surface area contributed by atoms with Crippen molar-refractivity contribution in [1.82, 2.24) is 25.5 Å². The summed E-state index contributed by atoms with van der Waals surface area (Å²) in [6.45, 7) is 7.01. The number of piperidine rings is 1. The standard InChI is InChI=1S/C21H27ClN6O2/c1-12(2)30-21(29)28-6-4-5-15(11-28)26-18-13(3)8-23-20(27-18)17-10-25-19-16(17)7-14(22)9-24-19/h7-10,12,15,19,24-25H,4-6,11H2,1-3H3,(H,23,26,27)/t15-,19?/m0/s1. The van der Waals surface area contributed by atoms with Crippen molar-refractivity contribution in [3.63, 3.8) is 0 Å². The molecule has 8 nitrogen and oxygen atoms in total. The Hall–Kier alpha value is -2.74. The van der Waals surface area contributed by atoms with Crippen LogP contribution < -0.4 is 16.0 Å². The van der Waals surface area contributed by atoms with Crippen molar-refractivity contribution in [2.45, 2.75) is 51.9 Å². The van der Waals surface area contributed by atoms with Crippen LogP contribution in [0.1, 0.15) is 38.1 Å². The summed E-state index contributed by atoms with van der Waals surface area (Å²) in [4.78, 5) is 23.4. The first-order valence-electron chi connectivity index (χ1n) is 10.3. The molecule has 1 fully saturated rings. The normalized spacial score (nSPS) is 23.0. The predicted octanol–water partition coefficient (Wildman–Crippen LogP) is 3.09. The Morgan fingerprint density at radius 1 is 1.37 bits per heavy atom. The number of aryl methyl sites for hydroxylation is 1. The van der Waals surface area contributed by atoms with Crippen LogP contribution in [0.2, 0.25) is 0 Å². The van der Waals surface area contributed by atoms with Gasteiger partial charge in [-0.05, 0) is 39.7 Å². The number of nitrogens with one attached hydrogen (secondary N) is 3. The number of aromatic nitrogens is 2. The molecular weight excluding hydrogens is 404 g/mol. The van der Waals surface area contributed by atoms with E-state index in [1.54, 1.807) is 11.1 Å². The molecule has 1 amide bonds. The van der Waals surface area contributed by atoms with Gasteiger partial charge in [0.1, 0.15) is 12.0 Å². The summed E-state index contributed by atoms with van der Waals surface area (Å²) in [5, 5.41) is 10.6. The zero-order chi connectivity index (χ0) is 21.3. The van der Waals surface area contributed by atoms with Crippen molar-refractivity contribution in [2.75, 3.05) is 18.4 Å². The number of nitrogens with zero attached hydrogens (tertiary/aromatic N) is 3. The maximum Gasteiger partial charge on any atom is 0.410 e. The summed E-state index contributed by atoms with van der Waals surface area (Å²) < 4.78 is 5.35. The van der Waals surface area contributed by atoms with Crippen LogP contribution in [0.25, 0.3) is 5.57 Å². The molecule has 0 aromatic carbocycles. The molecule has 3 aliphatic heterocycles. The summed E-state index contributed by atoms with van der Waals surface area (Å²) in [6, 6.07) is 0.108. The number of fused-ring (bicyclic) bond motifs is 1. The van der Waals surface area contributed by atoms with E-state index < -0.39 is 0 Å². The molecule has 30 heavy (non-hydrogen) atoms. The maximum atomic E-state index is 12.3. The number of likely N-dealkylation sites (tertiary alicyclic amines) is 1. The smallest absolute Gasteiger partial charge is 0.410 e. The Morgan fingerprint density at radius 3 is 2.97 bits per heavy atom. The van der Waals surface area contributed by atoms with Crippen LogP contribution in [-0.4, -0.2) is 52.4 Å². The first-order chi connectivity index (χ1) is 14.4. The fraction of sp³-hybridized carbons (Fsp3) is 0.476. The lowest BCUT2D eigenvalue weighted by atomic mass is 10.0. The van der Waals surface area contributed by atoms with Gasteiger partial charge in [0.05, 0.1) is 11.1 Å². The van der Waals surface area contributed by atoms with Crippen LogP contribution in [0, 0.1) is 6.92 Å². The van der Waals surface area contributed by atoms with Gasteiger partial charge >= 0.3 is 6.09 Å². The van der Waals surface area contributed by atoms with E-state index >= 15 is 0 Å². The van der Waals surface area contributed by atoms with Gasteiger partial charge in [-0.1, -0.05) is 11.6 Å². The molecule has 1 aromatic heterocycles. The second-order valence-corrected chi connectivity index (χ2v) is 8.48. The van der Waals surface area contributed by atoms with E-state index in [0.717, 1.165) is 35.4 Å². The maximum absolute atomic E-state index is 12.3. The molecule has 3 N–H and O–H groups in total. The fourth-order valence-corrected chi connectivity index (χ4v) is 3.97. The second kappa shape index (κ2) is 8.55. The van der Waals surface area contributed by atoms with Crippen LogP contribution >= 0.6 is 11.6 Å². The Labute approximate surface area is 181 Å². The van der Waals surface area contributed by atoms with E-state index in [-0.39, 0.29) is 24.4 Å². The third kappa shape index (κ3) is 4.38. The molecule has 9 heteroatoms. The number of carbonyl (C=O) groups excluding carboxylic acids is 1. The molecular formula is C21H27ClN6O2. The summed E-state index contributed by atoms with van der Waals surface area (Å²) in [5.41, 5.74) is 2.88. The van der Waals surface area contributed by atoms with Crippen molar-refractivity contribution in [1.29, 1.82) is 0 Å². The highest BCUT2D eigenvalue weighted by Gasteiger charge is 2.29. The van der Waals surface area contributed by atoms with Gasteiger partial charge < -0.3 is 25.6 Å². The van der Waals surface area contributed by atoms with E-state index in [4.69, 9.17) is 21.3 Å². The number of anilines is 1. The minimum Gasteiger partial charge on any atom is -0.447 e. The van der Waals surface area contributed by atoms with Gasteiger partial charge in [-0.25, -0.2) is 14.8 Å². The van der Waals surface area contributed by atoms with E-state index in [0.29, 0.717) is 23.9 Å². The van der Waals surface area contributed by atoms with Crippen LogP contribution in [-0.2, 0) is 4.74 Å². The minimum atomic E-state index is -0.258. The minimum absolute atomic E-state index is 0.0253. The van der Waals surface area contributed by atoms with Crippen LogP contribution in [0.4, 0.5) is 10.6 Å². The van der Waals surface area contributed by atoms with Gasteiger partial charge in [0.2, 0.25) is 0 Å². The van der Waals surface area contributed by atoms with E-state index in [1.807, 2.05) is 39.2 Å². The quantitative estimate of drug-likeness (QED) is 0.676. The van der Waals surface area contributed by atoms with Gasteiger partial charge in [0.25, 0.3) is 0 Å². The molecule has 3 aliphatic rings. The van der Waals surface area contributed by atoms with Crippen molar-refractivity contribution >= 4 is 29.1 Å². The molecule has 4 heterocycles. The number of ether oxygens (including phenoxy) is 1. The summed E-state index contributed by atoms with van der Waals surface area (Å²) >= 11 is 6.16. The SMILES string of the molecule is Cc1cnc(C2=CNC3NC=C(Cl)C=C23)nc1N[C@H]1CCCN(C(=O)OC(C)C)C1. The first-order valence-corrected chi connectivity index (χ1v) is 10.6. The van der Waals surface area contributed by atoms with E-state index in [9.17, 15) is 4.79 Å². The predicted molar refractivity (Wildman–Crippen MR) is 117 cm³/mol. The lowest BCUT2D eigenvalue weighted by Crippen LogP contribution is -2.46. The molecule has 1 aromatic rings. The lowest BCUT2D eigenvalue weighted by Gasteiger charge is -2.33. The summed E-state index contributed by atoms with van der Waals surface area (Å²) in [5.74, 6) is 1.41. The van der Waals surface area contributed by atoms with Gasteiger partial charge in [-0.2, -0.15) is 0 Å². The monoisotopic (exact) mass is 430 g/mol. The molecule has 0 saturated carbocycles. The Balaban J connectivity index is 1.49. The Kier molecular flexibility index (Phi) is 5.85. The molecule has 1 unspecified atom stereocenters. The van der Waals surface area contributed by atoms with Gasteiger partial charge in [0.15, 0.2) is 5.82 Å². The number of dihydropyridines is 1. The molecule has 160 valence electrons. The van der Waals surface area contributed by atoms with Crippen LogP contribution in [0.3, 0.4) is 0 Å². The summed E-state index contributed by atoms with van der Waals surface area (Å²) in [7, 11) is 0. The number of amides is 1. The van der Waals surface area contributed by atoms with Crippen LogP contribution in [0.5, 0.6) is 0 Å². The zero-order valence-electron chi connectivity index (χ0n) is 17.4. The average molecular weight is 431 g/mol. The third-order valence-corrected chi connectivity index (χ3v) is 5.49. The highest BCUT2D eigenvalue weighted by Crippen LogP contribution is 2.31. The topological polar surface area (TPSA) is 91.4 Å². The lowest BCUT2D eigenvalue weighted by molar-refractivity contribution is 0.0695. The zero-order valence-corrected chi connectivity index (χ0v) is 18.2. The highest BCUT2D eigenvalue weighted by molar-refractivity contribution is 6.31. The van der Waals surface area contributed by atoms with Gasteiger partial charge in [-0.3, -0.25) is 0 Å². The van der Waals surface area contributed by atoms with E-state index in [1.165, 1.54) is 0 Å². The number of rotatable bonds is 4. The largest absolute Gasteiger partial charge is 0.447 e. The van der Waals surface area contributed by atoms with E-state index in [2.05, 4.69) is 20.9 Å². The number of halogens is 1. The van der Waals surface area contributed by atoms with Gasteiger partial charge in [-0.15, -0.1) is 0 Å². The second-order valence-electron chi connectivity index (χ2n) is 8.04. The number of allylic oxidation sites excluding steroid dienone is 2. The Morgan fingerprint density at radius 2 is 2.17 bits per heavy atom. The summed E-state index contributed by atoms with van der Waals surface area (Å²) in [6.07, 6.45) is 8.89. The molecule has 2 atom stereocenters. The number of carbonyl (C=O) groups is 1. The Bertz CT molecular complexity index is 926. The number of hydrogen-bond donors (Lipinski definition) is 3. The molecule has 0 aliphatic carbocycles. The molecule has 0 bridgehead atoms. The van der Waals surface area contributed by atoms with Crippen molar-refractivity contribution in [3.8, 4) is 0 Å². The average Bonchev–Trinajstić information content (AvgIpc) is 3.12. The highest BCUT2D eigenvalue weighted by atomic mass is 35.5. The van der Waals surface area contributed by atoms with Gasteiger partial charge in [0, 0.05) is 54.4 Å². The van der Waals surface area contributed by atoms with Crippen molar-refractivity contribution < 1.29 is 9.53 Å². The molecule has 1 saturated heterocycles. The fourth-order valence-electron chi connectivity index (χ4n) is 3.79. The van der Waals surface area contributed by atoms with Crippen LogP contribution in [0.15, 0.2) is 35.3 Å². The third-order valence-electron chi connectivity index (χ3n) is 5.27. The molecule has 0 spiro atoms. The molecule has 0 radical (unpaired) electrons. The molecule has 4 rings (SSSR count).